The topological polar surface area (TPSA) is 92.3 Å². The van der Waals surface area contributed by atoms with Gasteiger partial charge in [0.05, 0.1) is 25.0 Å². The molecule has 1 N–H and O–H groups in total. The van der Waals surface area contributed by atoms with Crippen LogP contribution in [0, 0.1) is 0 Å². The van der Waals surface area contributed by atoms with Crippen molar-refractivity contribution in [2.24, 2.45) is 0 Å². The number of carbonyl (C=O) groups excluding carboxylic acids is 2. The normalized spacial score (nSPS) is 10.9. The minimum absolute atomic E-state index is 0.00855. The molecule has 0 atom stereocenters. The van der Waals surface area contributed by atoms with E-state index in [2.05, 4.69) is 5.32 Å². The standard InChI is InChI=1S/C21H22F3NO7/c1-28-9-10-30-16-8-7-14(21(22,23)24)11-15(16)25-19(26)12-32-20(27)13-31-18-6-4-3-5-17(18)29-2/h3-8,11H,9-10,12-13H2,1-2H3,(H,25,26). The first-order valence-electron chi connectivity index (χ1n) is 9.29. The van der Waals surface area contributed by atoms with Crippen LogP contribution >= 0.6 is 0 Å². The smallest absolute Gasteiger partial charge is 0.416 e. The molecule has 2 aromatic rings. The van der Waals surface area contributed by atoms with Crippen molar-refractivity contribution >= 4 is 17.6 Å². The van der Waals surface area contributed by atoms with Gasteiger partial charge in [0, 0.05) is 7.11 Å². The third-order valence-corrected chi connectivity index (χ3v) is 3.90. The van der Waals surface area contributed by atoms with E-state index in [0.717, 1.165) is 18.2 Å². The van der Waals surface area contributed by atoms with Crippen LogP contribution in [0.1, 0.15) is 5.56 Å². The average Bonchev–Trinajstić information content (AvgIpc) is 2.76. The maximum absolute atomic E-state index is 13.0. The quantitative estimate of drug-likeness (QED) is 0.409. The first kappa shape index (κ1) is 24.8. The summed E-state index contributed by atoms with van der Waals surface area (Å²) >= 11 is 0. The van der Waals surface area contributed by atoms with Crippen molar-refractivity contribution in [3.8, 4) is 17.2 Å². The molecule has 0 radical (unpaired) electrons. The van der Waals surface area contributed by atoms with Gasteiger partial charge in [-0.2, -0.15) is 13.2 Å². The fourth-order valence-electron chi connectivity index (χ4n) is 2.41. The second-order valence-electron chi connectivity index (χ2n) is 6.20. The number of amides is 1. The Balaban J connectivity index is 1.94. The highest BCUT2D eigenvalue weighted by Crippen LogP contribution is 2.35. The summed E-state index contributed by atoms with van der Waals surface area (Å²) in [5, 5.41) is 2.25. The average molecular weight is 457 g/mol. The molecule has 174 valence electrons. The van der Waals surface area contributed by atoms with E-state index in [4.69, 9.17) is 23.7 Å². The first-order chi connectivity index (χ1) is 15.2. The summed E-state index contributed by atoms with van der Waals surface area (Å²) < 4.78 is 64.4. The van der Waals surface area contributed by atoms with Gasteiger partial charge in [0.2, 0.25) is 0 Å². The summed E-state index contributed by atoms with van der Waals surface area (Å²) in [5.74, 6) is -0.991. The minimum atomic E-state index is -4.62. The number of halogens is 3. The maximum atomic E-state index is 13.0. The minimum Gasteiger partial charge on any atom is -0.493 e. The lowest BCUT2D eigenvalue weighted by molar-refractivity contribution is -0.149. The highest BCUT2D eigenvalue weighted by atomic mass is 19.4. The molecule has 0 aliphatic rings. The van der Waals surface area contributed by atoms with E-state index in [9.17, 15) is 22.8 Å². The summed E-state index contributed by atoms with van der Waals surface area (Å²) in [4.78, 5) is 24.0. The van der Waals surface area contributed by atoms with E-state index < -0.39 is 36.8 Å². The Labute approximate surface area is 182 Å². The summed E-state index contributed by atoms with van der Waals surface area (Å²) in [5.41, 5.74) is -1.20. The molecule has 0 spiro atoms. The Morgan fingerprint density at radius 3 is 2.28 bits per heavy atom. The summed E-state index contributed by atoms with van der Waals surface area (Å²) in [7, 11) is 2.87. The number of rotatable bonds is 11. The number of carbonyl (C=O) groups is 2. The number of anilines is 1. The number of esters is 1. The molecule has 2 aromatic carbocycles. The van der Waals surface area contributed by atoms with Crippen LogP contribution in [-0.4, -0.2) is 52.5 Å². The van der Waals surface area contributed by atoms with E-state index >= 15 is 0 Å². The summed E-state index contributed by atoms with van der Waals surface area (Å²) in [6, 6.07) is 9.25. The molecule has 0 heterocycles. The van der Waals surface area contributed by atoms with E-state index in [0.29, 0.717) is 11.5 Å². The number of hydrogen-bond acceptors (Lipinski definition) is 7. The van der Waals surface area contributed by atoms with Crippen molar-refractivity contribution in [3.05, 3.63) is 48.0 Å². The molecule has 0 saturated heterocycles. The zero-order valence-electron chi connectivity index (χ0n) is 17.4. The van der Waals surface area contributed by atoms with Gasteiger partial charge in [-0.15, -0.1) is 0 Å². The molecular formula is C21H22F3NO7. The molecule has 11 heteroatoms. The molecule has 0 saturated carbocycles. The molecule has 0 aliphatic heterocycles. The highest BCUT2D eigenvalue weighted by Gasteiger charge is 2.31. The van der Waals surface area contributed by atoms with Crippen molar-refractivity contribution in [2.45, 2.75) is 6.18 Å². The summed E-state index contributed by atoms with van der Waals surface area (Å²) in [6.45, 7) is -0.983. The van der Waals surface area contributed by atoms with E-state index in [1.807, 2.05) is 0 Å². The van der Waals surface area contributed by atoms with Crippen LogP contribution in [0.4, 0.5) is 18.9 Å². The van der Waals surface area contributed by atoms with Crippen molar-refractivity contribution in [3.63, 3.8) is 0 Å². The Bertz CT molecular complexity index is 919. The Kier molecular flexibility index (Phi) is 9.14. The van der Waals surface area contributed by atoms with Gasteiger partial charge >= 0.3 is 12.1 Å². The van der Waals surface area contributed by atoms with Gasteiger partial charge in [0.1, 0.15) is 12.4 Å². The van der Waals surface area contributed by atoms with Gasteiger partial charge < -0.3 is 29.0 Å². The molecular weight excluding hydrogens is 435 g/mol. The molecule has 2 rings (SSSR count). The molecule has 32 heavy (non-hydrogen) atoms. The Morgan fingerprint density at radius 2 is 1.62 bits per heavy atom. The Hall–Kier alpha value is -3.47. The van der Waals surface area contributed by atoms with Crippen LogP contribution in [0.3, 0.4) is 0 Å². The molecule has 8 nitrogen and oxygen atoms in total. The lowest BCUT2D eigenvalue weighted by Gasteiger charge is -2.15. The Morgan fingerprint density at radius 1 is 0.906 bits per heavy atom. The number of benzene rings is 2. The zero-order chi connectivity index (χ0) is 23.6. The number of ether oxygens (including phenoxy) is 5. The van der Waals surface area contributed by atoms with Gasteiger partial charge in [-0.3, -0.25) is 4.79 Å². The summed E-state index contributed by atoms with van der Waals surface area (Å²) in [6.07, 6.45) is -4.62. The van der Waals surface area contributed by atoms with Crippen LogP contribution in [0.25, 0.3) is 0 Å². The van der Waals surface area contributed by atoms with Crippen molar-refractivity contribution in [1.29, 1.82) is 0 Å². The molecule has 0 fully saturated rings. The number of para-hydroxylation sites is 2. The van der Waals surface area contributed by atoms with Crippen LogP contribution < -0.4 is 19.5 Å². The fourth-order valence-corrected chi connectivity index (χ4v) is 2.41. The first-order valence-corrected chi connectivity index (χ1v) is 9.29. The SMILES string of the molecule is COCCOc1ccc(C(F)(F)F)cc1NC(=O)COC(=O)COc1ccccc1OC. The van der Waals surface area contributed by atoms with Gasteiger partial charge in [0.25, 0.3) is 5.91 Å². The predicted octanol–water partition coefficient (Wildman–Crippen LogP) is 3.30. The van der Waals surface area contributed by atoms with Crippen LogP contribution in [0.2, 0.25) is 0 Å². The second-order valence-corrected chi connectivity index (χ2v) is 6.20. The van der Waals surface area contributed by atoms with Gasteiger partial charge in [0.15, 0.2) is 24.7 Å². The largest absolute Gasteiger partial charge is 0.493 e. The van der Waals surface area contributed by atoms with Gasteiger partial charge in [-0.25, -0.2) is 4.79 Å². The zero-order valence-corrected chi connectivity index (χ0v) is 17.4. The third-order valence-electron chi connectivity index (χ3n) is 3.90. The number of hydrogen-bond donors (Lipinski definition) is 1. The fraction of sp³-hybridized carbons (Fsp3) is 0.333. The molecule has 1 amide bonds. The van der Waals surface area contributed by atoms with E-state index in [1.54, 1.807) is 24.3 Å². The number of methoxy groups -OCH3 is 2. The third kappa shape index (κ3) is 7.65. The van der Waals surface area contributed by atoms with E-state index in [1.165, 1.54) is 14.2 Å². The van der Waals surface area contributed by atoms with Crippen LogP contribution in [0.15, 0.2) is 42.5 Å². The van der Waals surface area contributed by atoms with Crippen LogP contribution in [0.5, 0.6) is 17.2 Å². The lowest BCUT2D eigenvalue weighted by Crippen LogP contribution is -2.24. The number of nitrogens with one attached hydrogen (secondary N) is 1. The van der Waals surface area contributed by atoms with Crippen molar-refractivity contribution in [2.75, 3.05) is 46.0 Å². The van der Waals surface area contributed by atoms with Crippen molar-refractivity contribution < 1.29 is 46.4 Å². The molecule has 0 bridgehead atoms. The number of alkyl halides is 3. The van der Waals surface area contributed by atoms with Crippen LogP contribution in [-0.2, 0) is 25.2 Å². The molecule has 0 unspecified atom stereocenters. The van der Waals surface area contributed by atoms with Gasteiger partial charge in [-0.1, -0.05) is 12.1 Å². The predicted molar refractivity (Wildman–Crippen MR) is 107 cm³/mol. The van der Waals surface area contributed by atoms with E-state index in [-0.39, 0.29) is 24.7 Å². The molecule has 0 aromatic heterocycles. The lowest BCUT2D eigenvalue weighted by atomic mass is 10.1. The monoisotopic (exact) mass is 457 g/mol. The second kappa shape index (κ2) is 11.8. The van der Waals surface area contributed by atoms with Crippen molar-refractivity contribution in [1.82, 2.24) is 0 Å². The maximum Gasteiger partial charge on any atom is 0.416 e. The van der Waals surface area contributed by atoms with Gasteiger partial charge in [-0.05, 0) is 30.3 Å². The highest BCUT2D eigenvalue weighted by molar-refractivity contribution is 5.94. The molecule has 0 aliphatic carbocycles.